The molecule has 1 unspecified atom stereocenters. The maximum atomic E-state index is 14.3. The number of alkyl carbamates (subject to hydrolysis) is 1. The number of carbonyl (C=O) groups is 1. The van der Waals surface area contributed by atoms with Crippen LogP contribution in [0.25, 0.3) is 0 Å². The number of methoxy groups -OCH3 is 2. The number of ether oxygens (including phenoxy) is 6. The molecule has 0 heterocycles. The van der Waals surface area contributed by atoms with Gasteiger partial charge >= 0.3 is 6.09 Å². The van der Waals surface area contributed by atoms with Crippen LogP contribution in [0.2, 0.25) is 0 Å². The normalized spacial score (nSPS) is 11.9. The Balaban J connectivity index is 1.88. The van der Waals surface area contributed by atoms with Gasteiger partial charge in [-0.2, -0.15) is 4.39 Å². The number of halogens is 1. The number of hydrogen-bond donors (Lipinski definition) is 1. The molecule has 0 bridgehead atoms. The van der Waals surface area contributed by atoms with Crippen molar-refractivity contribution in [2.75, 3.05) is 40.6 Å². The molecule has 11 nitrogen and oxygen atoms in total. The number of benzene rings is 2. The first-order chi connectivity index (χ1) is 19.4. The molecule has 0 spiro atoms. The molecule has 12 heteroatoms. The number of nitro benzene ring substituents is 1. The molecule has 2 aromatic carbocycles. The highest BCUT2D eigenvalue weighted by molar-refractivity contribution is 5.67. The molecule has 0 fully saturated rings. The van der Waals surface area contributed by atoms with E-state index < -0.39 is 28.5 Å². The van der Waals surface area contributed by atoms with Crippen LogP contribution >= 0.6 is 0 Å². The van der Waals surface area contributed by atoms with Crippen LogP contribution in [0.4, 0.5) is 14.9 Å². The Morgan fingerprint density at radius 1 is 0.951 bits per heavy atom. The van der Waals surface area contributed by atoms with Crippen LogP contribution in [-0.4, -0.2) is 57.2 Å². The second-order valence-corrected chi connectivity index (χ2v) is 10.3. The summed E-state index contributed by atoms with van der Waals surface area (Å²) >= 11 is 0. The van der Waals surface area contributed by atoms with Crippen LogP contribution in [0.3, 0.4) is 0 Å². The smallest absolute Gasteiger partial charge is 0.407 e. The summed E-state index contributed by atoms with van der Waals surface area (Å²) in [6, 6.07) is 6.05. The van der Waals surface area contributed by atoms with Gasteiger partial charge in [0.2, 0.25) is 5.82 Å². The molecular weight excluding hydrogens is 539 g/mol. The summed E-state index contributed by atoms with van der Waals surface area (Å²) in [5, 5.41) is 14.5. The quantitative estimate of drug-likeness (QED) is 0.138. The van der Waals surface area contributed by atoms with Crippen molar-refractivity contribution in [3.05, 3.63) is 51.3 Å². The van der Waals surface area contributed by atoms with E-state index in [1.807, 2.05) is 6.92 Å². The Morgan fingerprint density at radius 2 is 1.56 bits per heavy atom. The zero-order chi connectivity index (χ0) is 30.6. The van der Waals surface area contributed by atoms with Gasteiger partial charge in [0.15, 0.2) is 23.0 Å². The Kier molecular flexibility index (Phi) is 12.9. The molecule has 0 aromatic heterocycles. The Bertz CT molecular complexity index is 1170. The van der Waals surface area contributed by atoms with Gasteiger partial charge in [-0.05, 0) is 77.6 Å². The number of unbranched alkanes of at least 4 members (excludes halogenated alkanes) is 1. The molecular formula is C29H41FN2O9. The minimum Gasteiger partial charge on any atom is -0.494 e. The molecule has 2 aromatic rings. The van der Waals surface area contributed by atoms with Crippen LogP contribution < -0.4 is 24.3 Å². The van der Waals surface area contributed by atoms with Crippen LogP contribution in [0.1, 0.15) is 64.2 Å². The lowest BCUT2D eigenvalue weighted by Crippen LogP contribution is -2.33. The van der Waals surface area contributed by atoms with E-state index in [-0.39, 0.29) is 36.1 Å². The number of amides is 1. The fraction of sp³-hybridized carbons (Fsp3) is 0.552. The van der Waals surface area contributed by atoms with Crippen molar-refractivity contribution in [2.24, 2.45) is 0 Å². The van der Waals surface area contributed by atoms with Gasteiger partial charge in [-0.25, -0.2) is 4.79 Å². The number of rotatable bonds is 16. The third-order valence-corrected chi connectivity index (χ3v) is 5.73. The first-order valence-corrected chi connectivity index (χ1v) is 13.4. The lowest BCUT2D eigenvalue weighted by Gasteiger charge is -2.19. The molecule has 0 aliphatic carbocycles. The van der Waals surface area contributed by atoms with Gasteiger partial charge in [-0.1, -0.05) is 0 Å². The number of nitrogens with one attached hydrogen (secondary N) is 1. The number of aryl methyl sites for hydroxylation is 1. The molecule has 1 amide bonds. The fourth-order valence-electron chi connectivity index (χ4n) is 3.77. The number of nitrogens with zero attached hydrogens (tertiary/aromatic N) is 1. The second-order valence-electron chi connectivity index (χ2n) is 10.3. The molecule has 0 radical (unpaired) electrons. The minimum atomic E-state index is -0.601. The predicted molar refractivity (Wildman–Crippen MR) is 151 cm³/mol. The van der Waals surface area contributed by atoms with Crippen molar-refractivity contribution in [2.45, 2.75) is 65.6 Å². The Hall–Kier alpha value is -3.80. The van der Waals surface area contributed by atoms with E-state index in [4.69, 9.17) is 28.4 Å². The molecule has 0 saturated carbocycles. The summed E-state index contributed by atoms with van der Waals surface area (Å²) in [6.45, 7) is 9.94. The van der Waals surface area contributed by atoms with E-state index in [0.29, 0.717) is 43.7 Å². The number of carbonyl (C=O) groups excluding carboxylic acids is 1. The third kappa shape index (κ3) is 10.9. The van der Waals surface area contributed by atoms with E-state index in [2.05, 4.69) is 5.32 Å². The van der Waals surface area contributed by atoms with Gasteiger partial charge in [0.25, 0.3) is 5.69 Å². The summed E-state index contributed by atoms with van der Waals surface area (Å²) in [6.07, 6.45) is 0.501. The Labute approximate surface area is 240 Å². The van der Waals surface area contributed by atoms with Crippen molar-refractivity contribution in [3.8, 4) is 23.0 Å². The monoisotopic (exact) mass is 580 g/mol. The standard InChI is InChI=1S/C29H41FN2O9/c1-19-15-25(37-7)27(30)26(16-19)40-13-9-8-12-38-20(2)21-17-23(36-6)24(18-22(21)32(34)35)39-14-10-11-31-28(33)41-29(3,4)5/h15-18,20H,8-14H2,1-7H3,(H,31,33)/i30+0. The SMILES string of the molecule is COc1cc(C(C)OCCCCOc2cc(C)cc(OC)c2[19F])c([N+](=O)[O-])cc1OCCCNC(=O)OC(C)(C)C. The van der Waals surface area contributed by atoms with E-state index >= 15 is 0 Å². The molecule has 0 aliphatic rings. The number of hydrogen-bond acceptors (Lipinski definition) is 9. The average molecular weight is 581 g/mol. The lowest BCUT2D eigenvalue weighted by molar-refractivity contribution is -0.386. The molecule has 1 atom stereocenters. The molecule has 228 valence electrons. The van der Waals surface area contributed by atoms with Crippen LogP contribution in [0, 0.1) is 22.9 Å². The zero-order valence-corrected chi connectivity index (χ0v) is 24.8. The van der Waals surface area contributed by atoms with Crippen molar-refractivity contribution >= 4 is 11.8 Å². The maximum absolute atomic E-state index is 14.3. The van der Waals surface area contributed by atoms with Gasteiger partial charge in [0, 0.05) is 13.2 Å². The van der Waals surface area contributed by atoms with Crippen molar-refractivity contribution in [1.82, 2.24) is 5.32 Å². The minimum absolute atomic E-state index is 0.125. The van der Waals surface area contributed by atoms with E-state index in [9.17, 15) is 19.3 Å². The van der Waals surface area contributed by atoms with Crippen molar-refractivity contribution < 1.29 is 42.5 Å². The molecule has 0 saturated heterocycles. The highest BCUT2D eigenvalue weighted by Crippen LogP contribution is 2.38. The number of nitro groups is 1. The summed E-state index contributed by atoms with van der Waals surface area (Å²) < 4.78 is 47.1. The van der Waals surface area contributed by atoms with Crippen LogP contribution in [-0.2, 0) is 9.47 Å². The third-order valence-electron chi connectivity index (χ3n) is 5.73. The van der Waals surface area contributed by atoms with Crippen molar-refractivity contribution in [3.63, 3.8) is 0 Å². The molecule has 1 N–H and O–H groups in total. The second kappa shape index (κ2) is 15.8. The molecule has 0 aliphatic heterocycles. The van der Waals surface area contributed by atoms with Gasteiger partial charge < -0.3 is 33.7 Å². The first kappa shape index (κ1) is 33.4. The van der Waals surface area contributed by atoms with E-state index in [1.54, 1.807) is 39.8 Å². The van der Waals surface area contributed by atoms with E-state index in [1.165, 1.54) is 26.4 Å². The molecule has 2 rings (SSSR count). The topological polar surface area (TPSA) is 128 Å². The average Bonchev–Trinajstić information content (AvgIpc) is 2.90. The lowest BCUT2D eigenvalue weighted by atomic mass is 10.1. The highest BCUT2D eigenvalue weighted by Gasteiger charge is 2.24. The first-order valence-electron chi connectivity index (χ1n) is 13.4. The predicted octanol–water partition coefficient (Wildman–Crippen LogP) is 6.29. The van der Waals surface area contributed by atoms with Gasteiger partial charge in [-0.3, -0.25) is 10.1 Å². The van der Waals surface area contributed by atoms with Gasteiger partial charge in [0.1, 0.15) is 5.60 Å². The summed E-state index contributed by atoms with van der Waals surface area (Å²) in [7, 11) is 2.84. The molecule has 41 heavy (non-hydrogen) atoms. The maximum Gasteiger partial charge on any atom is 0.407 e. The summed E-state index contributed by atoms with van der Waals surface area (Å²) in [5.41, 5.74) is 0.406. The van der Waals surface area contributed by atoms with Gasteiger partial charge in [0.05, 0.1) is 50.1 Å². The summed E-state index contributed by atoms with van der Waals surface area (Å²) in [5.74, 6) is 0.241. The fourth-order valence-corrected chi connectivity index (χ4v) is 3.77. The largest absolute Gasteiger partial charge is 0.494 e. The van der Waals surface area contributed by atoms with Crippen LogP contribution in [0.15, 0.2) is 24.3 Å². The van der Waals surface area contributed by atoms with Gasteiger partial charge in [-0.15, -0.1) is 0 Å². The van der Waals surface area contributed by atoms with Crippen molar-refractivity contribution in [1.29, 1.82) is 0 Å². The highest BCUT2D eigenvalue weighted by atomic mass is 19.1. The van der Waals surface area contributed by atoms with Crippen LogP contribution in [0.5, 0.6) is 23.0 Å². The van der Waals surface area contributed by atoms with E-state index in [0.717, 1.165) is 5.56 Å². The Morgan fingerprint density at radius 3 is 2.20 bits per heavy atom. The summed E-state index contributed by atoms with van der Waals surface area (Å²) in [4.78, 5) is 23.1. The zero-order valence-electron chi connectivity index (χ0n) is 24.8.